The van der Waals surface area contributed by atoms with E-state index in [1.54, 1.807) is 24.5 Å². The van der Waals surface area contributed by atoms with E-state index in [1.165, 1.54) is 7.11 Å². The van der Waals surface area contributed by atoms with Crippen LogP contribution in [0.25, 0.3) is 0 Å². The molecular weight excluding hydrogens is 330 g/mol. The van der Waals surface area contributed by atoms with Gasteiger partial charge in [-0.2, -0.15) is 0 Å². The van der Waals surface area contributed by atoms with E-state index < -0.39 is 11.5 Å². The highest BCUT2D eigenvalue weighted by Crippen LogP contribution is 2.39. The van der Waals surface area contributed by atoms with Crippen LogP contribution in [-0.4, -0.2) is 28.1 Å². The predicted octanol–water partition coefficient (Wildman–Crippen LogP) is 3.42. The molecule has 6 heteroatoms. The van der Waals surface area contributed by atoms with Crippen molar-refractivity contribution in [1.29, 1.82) is 0 Å². The molecule has 0 aliphatic carbocycles. The number of hydrogen-bond donors (Lipinski definition) is 2. The van der Waals surface area contributed by atoms with Crippen LogP contribution in [0.4, 0.5) is 5.69 Å². The van der Waals surface area contributed by atoms with Gasteiger partial charge in [0.25, 0.3) is 0 Å². The summed E-state index contributed by atoms with van der Waals surface area (Å²) in [6.45, 7) is 9.35. The quantitative estimate of drug-likeness (QED) is 0.856. The van der Waals surface area contributed by atoms with Crippen LogP contribution in [0.5, 0.6) is 5.88 Å². The Morgan fingerprint density at radius 3 is 2.58 bits per heavy atom. The predicted molar refractivity (Wildman–Crippen MR) is 101 cm³/mol. The van der Waals surface area contributed by atoms with E-state index in [9.17, 15) is 9.90 Å². The second-order valence-corrected chi connectivity index (χ2v) is 7.22. The van der Waals surface area contributed by atoms with Crippen LogP contribution >= 0.6 is 0 Å². The van der Waals surface area contributed by atoms with Crippen molar-refractivity contribution in [3.8, 4) is 5.88 Å². The first-order valence-corrected chi connectivity index (χ1v) is 8.67. The molecule has 0 radical (unpaired) electrons. The number of ether oxygens (including phenoxy) is 1. The van der Waals surface area contributed by atoms with Gasteiger partial charge in [0.2, 0.25) is 11.8 Å². The standard InChI is InChI=1S/C20H27N3O3/c1-7-14-12(2)22-18(26-6)16(23-19(25)20(3,4)5)15(14)17(24)13-9-8-10-21-11-13/h8-11,17,24H,7H2,1-6H3,(H,23,25). The van der Waals surface area contributed by atoms with E-state index in [0.29, 0.717) is 23.2 Å². The zero-order valence-electron chi connectivity index (χ0n) is 16.3. The second kappa shape index (κ2) is 7.83. The first-order valence-electron chi connectivity index (χ1n) is 8.67. The highest BCUT2D eigenvalue weighted by molar-refractivity contribution is 5.96. The van der Waals surface area contributed by atoms with Crippen molar-refractivity contribution in [2.24, 2.45) is 5.41 Å². The Kier molecular flexibility index (Phi) is 5.97. The first-order chi connectivity index (χ1) is 12.2. The van der Waals surface area contributed by atoms with Gasteiger partial charge in [0, 0.05) is 34.6 Å². The topological polar surface area (TPSA) is 84.3 Å². The van der Waals surface area contributed by atoms with E-state index in [2.05, 4.69) is 15.3 Å². The van der Waals surface area contributed by atoms with Crippen molar-refractivity contribution in [3.05, 3.63) is 46.9 Å². The molecule has 0 aliphatic heterocycles. The molecule has 2 aromatic rings. The summed E-state index contributed by atoms with van der Waals surface area (Å²) < 4.78 is 5.41. The SMILES string of the molecule is CCc1c(C)nc(OC)c(NC(=O)C(C)(C)C)c1C(O)c1cccnc1. The van der Waals surface area contributed by atoms with E-state index >= 15 is 0 Å². The van der Waals surface area contributed by atoms with Crippen molar-refractivity contribution in [1.82, 2.24) is 9.97 Å². The summed E-state index contributed by atoms with van der Waals surface area (Å²) in [7, 11) is 1.50. The number of aromatic nitrogens is 2. The molecule has 1 atom stereocenters. The number of anilines is 1. The number of aryl methyl sites for hydroxylation is 1. The molecule has 0 spiro atoms. The number of nitrogens with zero attached hydrogens (tertiary/aromatic N) is 2. The number of rotatable bonds is 5. The Hall–Kier alpha value is -2.47. The van der Waals surface area contributed by atoms with Crippen molar-refractivity contribution in [2.75, 3.05) is 12.4 Å². The number of hydrogen-bond acceptors (Lipinski definition) is 5. The fourth-order valence-electron chi connectivity index (χ4n) is 2.76. The molecule has 1 unspecified atom stereocenters. The largest absolute Gasteiger partial charge is 0.479 e. The first kappa shape index (κ1) is 19.8. The Bertz CT molecular complexity index is 783. The highest BCUT2D eigenvalue weighted by Gasteiger charge is 2.29. The lowest BCUT2D eigenvalue weighted by Gasteiger charge is -2.25. The lowest BCUT2D eigenvalue weighted by atomic mass is 9.92. The van der Waals surface area contributed by atoms with Crippen LogP contribution in [0.2, 0.25) is 0 Å². The van der Waals surface area contributed by atoms with Crippen LogP contribution in [0.1, 0.15) is 56.2 Å². The van der Waals surface area contributed by atoms with Gasteiger partial charge in [-0.1, -0.05) is 33.8 Å². The van der Waals surface area contributed by atoms with Crippen molar-refractivity contribution in [2.45, 2.75) is 47.1 Å². The lowest BCUT2D eigenvalue weighted by Crippen LogP contribution is -2.29. The third kappa shape index (κ3) is 4.02. The minimum Gasteiger partial charge on any atom is -0.479 e. The van der Waals surface area contributed by atoms with Crippen molar-refractivity contribution < 1.29 is 14.6 Å². The average molecular weight is 357 g/mol. The van der Waals surface area contributed by atoms with Crippen molar-refractivity contribution in [3.63, 3.8) is 0 Å². The molecule has 26 heavy (non-hydrogen) atoms. The summed E-state index contributed by atoms with van der Waals surface area (Å²) in [5.41, 5.74) is 2.69. The van der Waals surface area contributed by atoms with Gasteiger partial charge in [0.15, 0.2) is 0 Å². The molecular formula is C20H27N3O3. The van der Waals surface area contributed by atoms with E-state index in [-0.39, 0.29) is 11.8 Å². The Morgan fingerprint density at radius 1 is 1.38 bits per heavy atom. The maximum absolute atomic E-state index is 12.6. The number of carbonyl (C=O) groups excluding carboxylic acids is 1. The number of pyridine rings is 2. The molecule has 0 bridgehead atoms. The average Bonchev–Trinajstić information content (AvgIpc) is 2.61. The molecule has 0 aromatic carbocycles. The van der Waals surface area contributed by atoms with Gasteiger partial charge in [-0.05, 0) is 25.0 Å². The van der Waals surface area contributed by atoms with Gasteiger partial charge in [0.05, 0.1) is 7.11 Å². The zero-order chi connectivity index (χ0) is 19.5. The molecule has 0 saturated carbocycles. The van der Waals surface area contributed by atoms with E-state index in [4.69, 9.17) is 4.74 Å². The number of aliphatic hydroxyl groups excluding tert-OH is 1. The Morgan fingerprint density at radius 2 is 2.08 bits per heavy atom. The van der Waals surface area contributed by atoms with Crippen LogP contribution < -0.4 is 10.1 Å². The van der Waals surface area contributed by atoms with Gasteiger partial charge in [0.1, 0.15) is 11.8 Å². The summed E-state index contributed by atoms with van der Waals surface area (Å²) in [5.74, 6) is 0.110. The molecule has 2 N–H and O–H groups in total. The number of aliphatic hydroxyl groups is 1. The Balaban J connectivity index is 2.69. The van der Waals surface area contributed by atoms with Gasteiger partial charge >= 0.3 is 0 Å². The van der Waals surface area contributed by atoms with Crippen LogP contribution in [0, 0.1) is 12.3 Å². The molecule has 1 amide bonds. The third-order valence-electron chi connectivity index (χ3n) is 4.25. The van der Waals surface area contributed by atoms with Crippen LogP contribution in [0.3, 0.4) is 0 Å². The highest BCUT2D eigenvalue weighted by atomic mass is 16.5. The number of carbonyl (C=O) groups is 1. The zero-order valence-corrected chi connectivity index (χ0v) is 16.3. The monoisotopic (exact) mass is 357 g/mol. The fourth-order valence-corrected chi connectivity index (χ4v) is 2.76. The summed E-state index contributed by atoms with van der Waals surface area (Å²) in [6.07, 6.45) is 2.97. The maximum Gasteiger partial charge on any atom is 0.238 e. The van der Waals surface area contributed by atoms with Crippen molar-refractivity contribution >= 4 is 11.6 Å². The van der Waals surface area contributed by atoms with E-state index in [1.807, 2.05) is 34.6 Å². The molecule has 6 nitrogen and oxygen atoms in total. The Labute approximate surface area is 154 Å². The summed E-state index contributed by atoms with van der Waals surface area (Å²) in [4.78, 5) is 21.2. The van der Waals surface area contributed by atoms with Gasteiger partial charge in [-0.25, -0.2) is 4.98 Å². The minimum absolute atomic E-state index is 0.178. The molecule has 2 heterocycles. The summed E-state index contributed by atoms with van der Waals surface area (Å²) in [5, 5.41) is 14.0. The molecule has 140 valence electrons. The number of amides is 1. The van der Waals surface area contributed by atoms with Gasteiger partial charge in [-0.15, -0.1) is 0 Å². The molecule has 0 aliphatic rings. The number of methoxy groups -OCH3 is 1. The molecule has 0 fully saturated rings. The maximum atomic E-state index is 12.6. The molecule has 2 aromatic heterocycles. The van der Waals surface area contributed by atoms with E-state index in [0.717, 1.165) is 11.3 Å². The smallest absolute Gasteiger partial charge is 0.238 e. The second-order valence-electron chi connectivity index (χ2n) is 7.22. The summed E-state index contributed by atoms with van der Waals surface area (Å²) in [6, 6.07) is 3.57. The summed E-state index contributed by atoms with van der Waals surface area (Å²) >= 11 is 0. The molecule has 0 saturated heterocycles. The van der Waals surface area contributed by atoms with Gasteiger partial charge in [-0.3, -0.25) is 9.78 Å². The number of nitrogens with one attached hydrogen (secondary N) is 1. The van der Waals surface area contributed by atoms with Crippen LogP contribution in [0.15, 0.2) is 24.5 Å². The lowest BCUT2D eigenvalue weighted by molar-refractivity contribution is -0.123. The molecule has 2 rings (SSSR count). The minimum atomic E-state index is -0.954. The normalized spacial score (nSPS) is 12.6. The third-order valence-corrected chi connectivity index (χ3v) is 4.25. The van der Waals surface area contributed by atoms with Gasteiger partial charge < -0.3 is 15.2 Å². The fraction of sp³-hybridized carbons (Fsp3) is 0.450. The van der Waals surface area contributed by atoms with Crippen LogP contribution in [-0.2, 0) is 11.2 Å².